The van der Waals surface area contributed by atoms with Gasteiger partial charge in [-0.2, -0.15) is 0 Å². The van der Waals surface area contributed by atoms with Gasteiger partial charge in [0.15, 0.2) is 0 Å². The number of thioether (sulfide) groups is 1. The third kappa shape index (κ3) is 4.07. The summed E-state index contributed by atoms with van der Waals surface area (Å²) < 4.78 is 10.7. The topological polar surface area (TPSA) is 71.7 Å². The smallest absolute Gasteiger partial charge is 0.277 e. The average Bonchev–Trinajstić information content (AvgIpc) is 3.09. The zero-order chi connectivity index (χ0) is 16.9. The van der Waals surface area contributed by atoms with E-state index in [-0.39, 0.29) is 5.91 Å². The number of nitrogens with zero attached hydrogens (tertiary/aromatic N) is 4. The van der Waals surface area contributed by atoms with Gasteiger partial charge in [0.2, 0.25) is 11.8 Å². The van der Waals surface area contributed by atoms with Gasteiger partial charge in [0.1, 0.15) is 5.75 Å². The van der Waals surface area contributed by atoms with E-state index in [2.05, 4.69) is 22.1 Å². The lowest BCUT2D eigenvalue weighted by Gasteiger charge is -2.32. The van der Waals surface area contributed by atoms with Crippen LogP contribution in [0.5, 0.6) is 5.75 Å². The summed E-state index contributed by atoms with van der Waals surface area (Å²) in [7, 11) is 3.68. The Kier molecular flexibility index (Phi) is 5.37. The first-order valence-corrected chi connectivity index (χ1v) is 8.71. The van der Waals surface area contributed by atoms with E-state index in [1.54, 1.807) is 7.11 Å². The second-order valence-corrected chi connectivity index (χ2v) is 6.50. The van der Waals surface area contributed by atoms with Crippen molar-refractivity contribution in [3.05, 3.63) is 24.3 Å². The molecule has 1 amide bonds. The molecule has 2 heterocycles. The predicted octanol–water partition coefficient (Wildman–Crippen LogP) is 1.61. The fourth-order valence-corrected chi connectivity index (χ4v) is 3.05. The van der Waals surface area contributed by atoms with Gasteiger partial charge in [-0.15, -0.1) is 10.2 Å². The van der Waals surface area contributed by atoms with E-state index in [4.69, 9.17) is 9.15 Å². The van der Waals surface area contributed by atoms with E-state index < -0.39 is 0 Å². The fraction of sp³-hybridized carbons (Fsp3) is 0.438. The van der Waals surface area contributed by atoms with Crippen molar-refractivity contribution in [3.63, 3.8) is 0 Å². The lowest BCUT2D eigenvalue weighted by molar-refractivity contribution is -0.129. The molecule has 0 spiro atoms. The molecule has 7 nitrogen and oxygen atoms in total. The van der Waals surface area contributed by atoms with E-state index in [0.717, 1.165) is 37.5 Å². The molecule has 1 fully saturated rings. The van der Waals surface area contributed by atoms with E-state index in [0.29, 0.717) is 16.9 Å². The molecular formula is C16H20N4O3S. The number of ether oxygens (including phenoxy) is 1. The van der Waals surface area contributed by atoms with Crippen LogP contribution in [0.25, 0.3) is 11.5 Å². The van der Waals surface area contributed by atoms with Crippen molar-refractivity contribution in [1.29, 1.82) is 0 Å². The van der Waals surface area contributed by atoms with Gasteiger partial charge in [0.25, 0.3) is 5.22 Å². The van der Waals surface area contributed by atoms with Crippen molar-refractivity contribution in [3.8, 4) is 17.2 Å². The van der Waals surface area contributed by atoms with Crippen molar-refractivity contribution in [2.45, 2.75) is 5.22 Å². The summed E-state index contributed by atoms with van der Waals surface area (Å²) in [6, 6.07) is 7.39. The molecule has 8 heteroatoms. The Morgan fingerprint density at radius 2 is 1.92 bits per heavy atom. The summed E-state index contributed by atoms with van der Waals surface area (Å²) in [6.45, 7) is 3.38. The van der Waals surface area contributed by atoms with Crippen molar-refractivity contribution < 1.29 is 13.9 Å². The molecule has 1 aromatic carbocycles. The van der Waals surface area contributed by atoms with Crippen molar-refractivity contribution in [2.24, 2.45) is 0 Å². The first-order valence-electron chi connectivity index (χ1n) is 7.73. The summed E-state index contributed by atoms with van der Waals surface area (Å²) in [5.74, 6) is 1.63. The van der Waals surface area contributed by atoms with Crippen LogP contribution in [-0.4, -0.2) is 72.0 Å². The highest BCUT2D eigenvalue weighted by Gasteiger charge is 2.20. The molecule has 0 atom stereocenters. The van der Waals surface area contributed by atoms with Crippen LogP contribution in [0.2, 0.25) is 0 Å². The Labute approximate surface area is 145 Å². The van der Waals surface area contributed by atoms with E-state index in [1.165, 1.54) is 11.8 Å². The van der Waals surface area contributed by atoms with Gasteiger partial charge in [-0.1, -0.05) is 11.8 Å². The minimum Gasteiger partial charge on any atom is -0.497 e. The standard InChI is InChI=1S/C16H20N4O3S/c1-19-7-9-20(10-8-19)14(21)11-24-16-18-17-15(23-16)12-3-5-13(22-2)6-4-12/h3-6H,7-11H2,1-2H3. The monoisotopic (exact) mass is 348 g/mol. The Balaban J connectivity index is 1.55. The Morgan fingerprint density at radius 1 is 1.21 bits per heavy atom. The summed E-state index contributed by atoms with van der Waals surface area (Å²) in [4.78, 5) is 16.3. The highest BCUT2D eigenvalue weighted by molar-refractivity contribution is 7.99. The number of methoxy groups -OCH3 is 1. The molecule has 0 aliphatic carbocycles. The van der Waals surface area contributed by atoms with Crippen LogP contribution >= 0.6 is 11.8 Å². The van der Waals surface area contributed by atoms with E-state index in [9.17, 15) is 4.79 Å². The lowest BCUT2D eigenvalue weighted by atomic mass is 10.2. The number of hydrogen-bond donors (Lipinski definition) is 0. The first-order chi connectivity index (χ1) is 11.7. The molecule has 128 valence electrons. The molecule has 24 heavy (non-hydrogen) atoms. The van der Waals surface area contributed by atoms with Crippen LogP contribution in [0.3, 0.4) is 0 Å². The van der Waals surface area contributed by atoms with Gasteiger partial charge < -0.3 is 19.0 Å². The SMILES string of the molecule is COc1ccc(-c2nnc(SCC(=O)N3CCN(C)CC3)o2)cc1. The number of piperazine rings is 1. The molecule has 2 aromatic rings. The van der Waals surface area contributed by atoms with Gasteiger partial charge in [0.05, 0.1) is 12.9 Å². The molecule has 0 N–H and O–H groups in total. The number of rotatable bonds is 5. The molecular weight excluding hydrogens is 328 g/mol. The van der Waals surface area contributed by atoms with Crippen LogP contribution < -0.4 is 4.74 Å². The van der Waals surface area contributed by atoms with Crippen LogP contribution in [0.1, 0.15) is 0 Å². The van der Waals surface area contributed by atoms with Crippen LogP contribution in [-0.2, 0) is 4.79 Å². The van der Waals surface area contributed by atoms with Gasteiger partial charge in [-0.05, 0) is 31.3 Å². The minimum absolute atomic E-state index is 0.109. The highest BCUT2D eigenvalue weighted by atomic mass is 32.2. The second kappa shape index (κ2) is 7.67. The maximum absolute atomic E-state index is 12.2. The zero-order valence-corrected chi connectivity index (χ0v) is 14.6. The molecule has 3 rings (SSSR count). The number of carbonyl (C=O) groups excluding carboxylic acids is 1. The van der Waals surface area contributed by atoms with Crippen LogP contribution in [0.15, 0.2) is 33.9 Å². The van der Waals surface area contributed by atoms with Crippen molar-refractivity contribution in [2.75, 3.05) is 46.1 Å². The number of carbonyl (C=O) groups is 1. The molecule has 1 aliphatic heterocycles. The molecule has 1 saturated heterocycles. The maximum Gasteiger partial charge on any atom is 0.277 e. The largest absolute Gasteiger partial charge is 0.497 e. The quantitative estimate of drug-likeness (QED) is 0.760. The third-order valence-electron chi connectivity index (χ3n) is 3.92. The Morgan fingerprint density at radius 3 is 2.58 bits per heavy atom. The van der Waals surface area contributed by atoms with Crippen LogP contribution in [0.4, 0.5) is 0 Å². The summed E-state index contributed by atoms with van der Waals surface area (Å²) in [5.41, 5.74) is 0.820. The number of hydrogen-bond acceptors (Lipinski definition) is 7. The normalized spacial score (nSPS) is 15.5. The number of likely N-dealkylation sites (N-methyl/N-ethyl adjacent to an activating group) is 1. The third-order valence-corrected chi connectivity index (χ3v) is 4.72. The molecule has 0 radical (unpaired) electrons. The molecule has 0 unspecified atom stereocenters. The summed E-state index contributed by atoms with van der Waals surface area (Å²) in [5, 5.41) is 8.44. The summed E-state index contributed by atoms with van der Waals surface area (Å²) >= 11 is 1.28. The van der Waals surface area contributed by atoms with Gasteiger partial charge >= 0.3 is 0 Å². The second-order valence-electron chi connectivity index (χ2n) is 5.57. The Bertz CT molecular complexity index is 681. The predicted molar refractivity (Wildman–Crippen MR) is 91.1 cm³/mol. The van der Waals surface area contributed by atoms with E-state index in [1.807, 2.05) is 29.2 Å². The minimum atomic E-state index is 0.109. The lowest BCUT2D eigenvalue weighted by Crippen LogP contribution is -2.47. The molecule has 0 saturated carbocycles. The van der Waals surface area contributed by atoms with E-state index >= 15 is 0 Å². The fourth-order valence-electron chi connectivity index (χ4n) is 2.39. The van der Waals surface area contributed by atoms with Crippen molar-refractivity contribution >= 4 is 17.7 Å². The zero-order valence-electron chi connectivity index (χ0n) is 13.8. The number of aromatic nitrogens is 2. The molecule has 1 aliphatic rings. The molecule has 0 bridgehead atoms. The number of amides is 1. The van der Waals surface area contributed by atoms with Gasteiger partial charge in [0, 0.05) is 31.7 Å². The summed E-state index contributed by atoms with van der Waals surface area (Å²) in [6.07, 6.45) is 0. The molecule has 1 aromatic heterocycles. The highest BCUT2D eigenvalue weighted by Crippen LogP contribution is 2.25. The van der Waals surface area contributed by atoms with Crippen molar-refractivity contribution in [1.82, 2.24) is 20.0 Å². The first kappa shape index (κ1) is 16.8. The number of benzene rings is 1. The average molecular weight is 348 g/mol. The maximum atomic E-state index is 12.2. The van der Waals surface area contributed by atoms with Crippen LogP contribution in [0, 0.1) is 0 Å². The Hall–Kier alpha value is -2.06. The van der Waals surface area contributed by atoms with Gasteiger partial charge in [-0.3, -0.25) is 4.79 Å². The van der Waals surface area contributed by atoms with Gasteiger partial charge in [-0.25, -0.2) is 0 Å².